The van der Waals surface area contributed by atoms with Crippen LogP contribution in [-0.4, -0.2) is 11.2 Å². The van der Waals surface area contributed by atoms with Crippen LogP contribution in [0.2, 0.25) is 0 Å². The van der Waals surface area contributed by atoms with Crippen LogP contribution < -0.4 is 0 Å². The summed E-state index contributed by atoms with van der Waals surface area (Å²) in [4.78, 5) is 0. The molecular formula is C19H30O. The molecule has 4 saturated carbocycles. The number of rotatable bonds is 0. The van der Waals surface area contributed by atoms with Crippen LogP contribution in [0.15, 0.2) is 12.2 Å². The molecule has 1 heteroatoms. The Morgan fingerprint density at radius 3 is 2.70 bits per heavy atom. The summed E-state index contributed by atoms with van der Waals surface area (Å²) in [6.07, 6.45) is 11.8. The minimum atomic E-state index is 0.00733. The number of hydrogen-bond acceptors (Lipinski definition) is 1. The molecule has 0 unspecified atom stereocenters. The van der Waals surface area contributed by atoms with Gasteiger partial charge in [0.15, 0.2) is 0 Å². The molecule has 0 aromatic heterocycles. The lowest BCUT2D eigenvalue weighted by molar-refractivity contribution is -0.0575. The van der Waals surface area contributed by atoms with Gasteiger partial charge in [-0.1, -0.05) is 19.1 Å². The number of aliphatic hydroxyl groups is 1. The fourth-order valence-electron chi connectivity index (χ4n) is 6.69. The highest BCUT2D eigenvalue weighted by atomic mass is 16.3. The maximum atomic E-state index is 9.96. The van der Waals surface area contributed by atoms with Crippen molar-refractivity contribution in [3.63, 3.8) is 0 Å². The van der Waals surface area contributed by atoms with Crippen LogP contribution in [-0.2, 0) is 0 Å². The molecule has 1 nitrogen and oxygen atoms in total. The van der Waals surface area contributed by atoms with Crippen LogP contribution in [0.5, 0.6) is 0 Å². The van der Waals surface area contributed by atoms with Crippen LogP contribution in [0.1, 0.15) is 64.7 Å². The Kier molecular flexibility index (Phi) is 3.07. The monoisotopic (exact) mass is 274 g/mol. The second-order valence-electron chi connectivity index (χ2n) is 8.81. The van der Waals surface area contributed by atoms with E-state index in [1.54, 1.807) is 0 Å². The first kappa shape index (κ1) is 13.4. The van der Waals surface area contributed by atoms with Crippen LogP contribution in [0, 0.1) is 35.0 Å². The molecule has 1 N–H and O–H groups in total. The zero-order valence-corrected chi connectivity index (χ0v) is 13.0. The van der Waals surface area contributed by atoms with Crippen molar-refractivity contribution in [3.8, 4) is 0 Å². The quantitative estimate of drug-likeness (QED) is 0.642. The van der Waals surface area contributed by atoms with Crippen molar-refractivity contribution >= 4 is 0 Å². The molecule has 0 spiro atoms. The molecule has 0 heterocycles. The zero-order chi connectivity index (χ0) is 13.9. The molecule has 112 valence electrons. The normalized spacial score (nSPS) is 55.0. The second-order valence-corrected chi connectivity index (χ2v) is 8.81. The predicted octanol–water partition coefficient (Wildman–Crippen LogP) is 4.56. The van der Waals surface area contributed by atoms with E-state index in [1.165, 1.54) is 50.5 Å². The van der Waals surface area contributed by atoms with Gasteiger partial charge in [-0.3, -0.25) is 0 Å². The van der Waals surface area contributed by atoms with Crippen molar-refractivity contribution in [2.75, 3.05) is 0 Å². The first-order valence-corrected chi connectivity index (χ1v) is 8.90. The molecule has 0 aromatic rings. The van der Waals surface area contributed by atoms with Crippen molar-refractivity contribution in [2.45, 2.75) is 70.8 Å². The van der Waals surface area contributed by atoms with Gasteiger partial charge in [-0.15, -0.1) is 0 Å². The topological polar surface area (TPSA) is 20.2 Å². The summed E-state index contributed by atoms with van der Waals surface area (Å²) in [7, 11) is 0. The molecule has 20 heavy (non-hydrogen) atoms. The largest absolute Gasteiger partial charge is 0.393 e. The summed E-state index contributed by atoms with van der Waals surface area (Å²) < 4.78 is 0. The van der Waals surface area contributed by atoms with Gasteiger partial charge >= 0.3 is 0 Å². The molecule has 0 bridgehead atoms. The minimum Gasteiger partial charge on any atom is -0.393 e. The highest BCUT2D eigenvalue weighted by Crippen LogP contribution is 2.62. The van der Waals surface area contributed by atoms with Crippen LogP contribution >= 0.6 is 0 Å². The molecule has 4 rings (SSSR count). The fraction of sp³-hybridized carbons (Fsp3) is 0.895. The van der Waals surface area contributed by atoms with E-state index in [0.717, 1.165) is 42.4 Å². The third-order valence-electron chi connectivity index (χ3n) is 7.54. The average Bonchev–Trinajstić information content (AvgIpc) is 2.68. The van der Waals surface area contributed by atoms with Gasteiger partial charge in [0.25, 0.3) is 0 Å². The summed E-state index contributed by atoms with van der Waals surface area (Å²) in [5, 5.41) is 9.96. The first-order chi connectivity index (χ1) is 9.55. The van der Waals surface area contributed by atoms with Crippen molar-refractivity contribution in [1.29, 1.82) is 0 Å². The summed E-state index contributed by atoms with van der Waals surface area (Å²) >= 11 is 0. The standard InChI is InChI=1S/C19H30O/c1-12-7-15-9-18-14(11-19(15,2)10-12)4-3-13-8-16(20)5-6-17(13)18/h13-18,20H,1,3-11H2,2H3/t13-,14-,15+,16+,17-,18-,19+/m0/s1. The lowest BCUT2D eigenvalue weighted by Crippen LogP contribution is -2.46. The van der Waals surface area contributed by atoms with E-state index >= 15 is 0 Å². The average molecular weight is 274 g/mol. The van der Waals surface area contributed by atoms with Crippen molar-refractivity contribution < 1.29 is 5.11 Å². The van der Waals surface area contributed by atoms with E-state index in [9.17, 15) is 5.11 Å². The van der Waals surface area contributed by atoms with Crippen LogP contribution in [0.25, 0.3) is 0 Å². The number of fused-ring (bicyclic) bond motifs is 4. The Hall–Kier alpha value is -0.300. The maximum Gasteiger partial charge on any atom is 0.0543 e. The maximum absolute atomic E-state index is 9.96. The lowest BCUT2D eigenvalue weighted by Gasteiger charge is -2.54. The van der Waals surface area contributed by atoms with Gasteiger partial charge in [0.1, 0.15) is 0 Å². The molecular weight excluding hydrogens is 244 g/mol. The second kappa shape index (κ2) is 4.60. The highest BCUT2D eigenvalue weighted by molar-refractivity contribution is 5.14. The van der Waals surface area contributed by atoms with Gasteiger partial charge < -0.3 is 5.11 Å². The molecule has 0 aliphatic heterocycles. The van der Waals surface area contributed by atoms with E-state index in [2.05, 4.69) is 13.5 Å². The van der Waals surface area contributed by atoms with Gasteiger partial charge in [0, 0.05) is 0 Å². The number of hydrogen-bond donors (Lipinski definition) is 1. The molecule has 4 aliphatic rings. The summed E-state index contributed by atoms with van der Waals surface area (Å²) in [5.74, 6) is 4.66. The van der Waals surface area contributed by atoms with Crippen molar-refractivity contribution in [3.05, 3.63) is 12.2 Å². The van der Waals surface area contributed by atoms with Gasteiger partial charge in [0.05, 0.1) is 6.10 Å². The summed E-state index contributed by atoms with van der Waals surface area (Å²) in [6, 6.07) is 0. The van der Waals surface area contributed by atoms with Crippen LogP contribution in [0.4, 0.5) is 0 Å². The van der Waals surface area contributed by atoms with Gasteiger partial charge in [-0.05, 0) is 92.8 Å². The molecule has 0 saturated heterocycles. The Bertz CT molecular complexity index is 414. The molecule has 0 aromatic carbocycles. The minimum absolute atomic E-state index is 0.00733. The Labute approximate surface area is 123 Å². The molecule has 4 aliphatic carbocycles. The smallest absolute Gasteiger partial charge is 0.0543 e. The van der Waals surface area contributed by atoms with Gasteiger partial charge in [-0.2, -0.15) is 0 Å². The van der Waals surface area contributed by atoms with Gasteiger partial charge in [-0.25, -0.2) is 0 Å². The van der Waals surface area contributed by atoms with E-state index in [4.69, 9.17) is 0 Å². The van der Waals surface area contributed by atoms with E-state index < -0.39 is 0 Å². The predicted molar refractivity (Wildman–Crippen MR) is 82.3 cm³/mol. The molecule has 7 atom stereocenters. The highest BCUT2D eigenvalue weighted by Gasteiger charge is 2.52. The number of allylic oxidation sites excluding steroid dienone is 1. The number of aliphatic hydroxyl groups excluding tert-OH is 1. The molecule has 4 fully saturated rings. The summed E-state index contributed by atoms with van der Waals surface area (Å²) in [6.45, 7) is 6.84. The summed E-state index contributed by atoms with van der Waals surface area (Å²) in [5.41, 5.74) is 2.10. The molecule has 0 radical (unpaired) electrons. The fourth-order valence-corrected chi connectivity index (χ4v) is 6.69. The third-order valence-corrected chi connectivity index (χ3v) is 7.54. The van der Waals surface area contributed by atoms with E-state index in [1.807, 2.05) is 0 Å². The van der Waals surface area contributed by atoms with Crippen LogP contribution in [0.3, 0.4) is 0 Å². The zero-order valence-electron chi connectivity index (χ0n) is 13.0. The van der Waals surface area contributed by atoms with Gasteiger partial charge in [0.2, 0.25) is 0 Å². The van der Waals surface area contributed by atoms with E-state index in [0.29, 0.717) is 5.41 Å². The Balaban J connectivity index is 1.55. The van der Waals surface area contributed by atoms with Crippen molar-refractivity contribution in [1.82, 2.24) is 0 Å². The lowest BCUT2D eigenvalue weighted by atomic mass is 9.51. The van der Waals surface area contributed by atoms with E-state index in [-0.39, 0.29) is 6.10 Å². The first-order valence-electron chi connectivity index (χ1n) is 8.90. The van der Waals surface area contributed by atoms with Crippen molar-refractivity contribution in [2.24, 2.45) is 35.0 Å². The SMILES string of the molecule is C=C1C[C@@H]2C[C@H]3[C@@H](CC[C@H]4C[C@H](O)CC[C@@H]43)C[C@@]2(C)C1. The third kappa shape index (κ3) is 2.00. The Morgan fingerprint density at radius 2 is 1.85 bits per heavy atom. The Morgan fingerprint density at radius 1 is 1.05 bits per heavy atom. The molecule has 0 amide bonds.